The van der Waals surface area contributed by atoms with E-state index < -0.39 is 71.9 Å². The van der Waals surface area contributed by atoms with Gasteiger partial charge in [-0.15, -0.1) is 0 Å². The Kier molecular flexibility index (Phi) is 19.0. The van der Waals surface area contributed by atoms with Gasteiger partial charge < -0.3 is 28.7 Å². The molecule has 0 radical (unpaired) electrons. The molecule has 24 heteroatoms. The lowest BCUT2D eigenvalue weighted by Crippen LogP contribution is -2.48. The molecule has 0 spiro atoms. The molecule has 0 N–H and O–H groups in total. The van der Waals surface area contributed by atoms with E-state index in [4.69, 9.17) is 65.4 Å². The van der Waals surface area contributed by atoms with Crippen molar-refractivity contribution in [3.63, 3.8) is 0 Å². The molecular weight excluding hydrogens is 1150 g/mol. The van der Waals surface area contributed by atoms with Crippen LogP contribution in [0.25, 0.3) is 21.8 Å². The summed E-state index contributed by atoms with van der Waals surface area (Å²) < 4.78 is 132. The van der Waals surface area contributed by atoms with Crippen LogP contribution in [0, 0.1) is 11.6 Å². The molecule has 0 bridgehead atoms. The molecule has 12 nitrogen and oxygen atoms in total. The second-order valence-electron chi connectivity index (χ2n) is 22.3. The van der Waals surface area contributed by atoms with Crippen LogP contribution in [-0.4, -0.2) is 104 Å². The van der Waals surface area contributed by atoms with Crippen LogP contribution in [0.2, 0.25) is 20.4 Å². The molecule has 4 heterocycles. The van der Waals surface area contributed by atoms with Crippen molar-refractivity contribution in [2.45, 2.75) is 141 Å². The van der Waals surface area contributed by atoms with Crippen molar-refractivity contribution in [3.05, 3.63) is 127 Å². The Balaban J connectivity index is 0.000000231. The third-order valence-electron chi connectivity index (χ3n) is 14.0. The van der Waals surface area contributed by atoms with Crippen molar-refractivity contribution in [2.75, 3.05) is 39.4 Å². The number of halogens is 12. The van der Waals surface area contributed by atoms with E-state index in [1.807, 2.05) is 0 Å². The summed E-state index contributed by atoms with van der Waals surface area (Å²) in [6.07, 6.45) is -9.07. The number of alkyl halides is 6. The summed E-state index contributed by atoms with van der Waals surface area (Å²) in [6, 6.07) is 18.4. The Hall–Kier alpha value is -5.12. The number of hydrogen-bond donors (Lipinski definition) is 0. The maximum atomic E-state index is 13.8. The van der Waals surface area contributed by atoms with Gasteiger partial charge in [0.15, 0.2) is 5.15 Å². The number of likely N-dealkylation sites (tertiary alicyclic amines) is 2. The van der Waals surface area contributed by atoms with Crippen LogP contribution in [-0.2, 0) is 42.9 Å². The number of amides is 2. The third-order valence-corrected chi connectivity index (χ3v) is 15.1. The van der Waals surface area contributed by atoms with Gasteiger partial charge in [-0.1, -0.05) is 70.7 Å². The molecule has 2 amide bonds. The number of carbonyl (C=O) groups is 2. The fraction of sp³-hybridized carbons (Fsp3) is 0.500. The van der Waals surface area contributed by atoms with Gasteiger partial charge in [0.1, 0.15) is 41.1 Å². The van der Waals surface area contributed by atoms with Crippen LogP contribution in [0.5, 0.6) is 0 Å². The Bertz CT molecular complexity index is 3130. The van der Waals surface area contributed by atoms with Crippen LogP contribution in [0.15, 0.2) is 72.8 Å². The van der Waals surface area contributed by atoms with E-state index in [9.17, 15) is 44.7 Å². The second kappa shape index (κ2) is 24.4. The van der Waals surface area contributed by atoms with Crippen molar-refractivity contribution in [1.29, 1.82) is 0 Å². The smallest absolute Gasteiger partial charge is 0.410 e. The quantitative estimate of drug-likeness (QED) is 0.111. The van der Waals surface area contributed by atoms with Gasteiger partial charge in [0.2, 0.25) is 0 Å². The van der Waals surface area contributed by atoms with Crippen molar-refractivity contribution in [2.24, 2.45) is 0 Å². The van der Waals surface area contributed by atoms with E-state index in [2.05, 4.69) is 10.2 Å². The molecule has 8 rings (SSSR count). The van der Waals surface area contributed by atoms with Crippen molar-refractivity contribution in [3.8, 4) is 0 Å². The van der Waals surface area contributed by atoms with Gasteiger partial charge in [-0.05, 0) is 141 Å². The predicted octanol–water partition coefficient (Wildman–Crippen LogP) is 16.2. The first-order valence-corrected chi connectivity index (χ1v) is 27.2. The first-order chi connectivity index (χ1) is 37.1. The van der Waals surface area contributed by atoms with Gasteiger partial charge in [-0.3, -0.25) is 4.68 Å². The van der Waals surface area contributed by atoms with Crippen LogP contribution >= 0.6 is 46.4 Å². The van der Waals surface area contributed by atoms with E-state index in [1.165, 1.54) is 36.4 Å². The summed E-state index contributed by atoms with van der Waals surface area (Å²) in [6.45, 7) is 13.6. The topological polar surface area (TPSA) is 113 Å². The SMILES string of the molecule is C[C@@H](OCC1(c2ccc(F)cc2)CCN(C(=O)OC(C)(C)C)CC1)c1cc(Cl)cc2c(Cl)n(CC(F)(F)F)nc12.C[C@@H](OCC1(c2ccc(F)cc2)CCN(C(=O)OC(C)(C)C)CC1)c1cc(Cl)cc2c(Cl)nn(CC(F)(F)F)c12. The van der Waals surface area contributed by atoms with Crippen LogP contribution < -0.4 is 0 Å². The summed E-state index contributed by atoms with van der Waals surface area (Å²) >= 11 is 25.0. The largest absolute Gasteiger partial charge is 0.444 e. The molecule has 0 aliphatic carbocycles. The highest BCUT2D eigenvalue weighted by atomic mass is 35.5. The van der Waals surface area contributed by atoms with Crippen LogP contribution in [0.1, 0.15) is 116 Å². The Labute approximate surface area is 478 Å². The average molecular weight is 1210 g/mol. The molecule has 2 fully saturated rings. The third kappa shape index (κ3) is 15.7. The molecule has 2 saturated heterocycles. The molecule has 436 valence electrons. The molecule has 2 atom stereocenters. The number of rotatable bonds is 12. The summed E-state index contributed by atoms with van der Waals surface area (Å²) in [5.41, 5.74) is 0.663. The molecule has 6 aromatic rings. The highest BCUT2D eigenvalue weighted by Crippen LogP contribution is 2.43. The van der Waals surface area contributed by atoms with Crippen molar-refractivity contribution >= 4 is 80.4 Å². The highest BCUT2D eigenvalue weighted by Gasteiger charge is 2.42. The standard InChI is InChI=1S/2C28H31Cl2F4N3O3/c1-17(21-13-19(29)14-22-23(21)37(35-24(22)30)15-28(32,33)34)39-16-27(18-5-7-20(31)8-6-18)9-11-36(12-10-27)25(38)40-26(2,3)4;1-17(21-13-19(29)14-22-23(21)35-37(24(22)30)15-28(32,33)34)39-16-27(18-5-7-20(31)8-6-18)9-11-36(12-10-27)25(38)40-26(2,3)4/h2*5-8,13-14,17H,9-12,15-16H2,1-4H3/t2*17-/m11/s1. The van der Waals surface area contributed by atoms with Crippen LogP contribution in [0.4, 0.5) is 44.7 Å². The van der Waals surface area contributed by atoms with Gasteiger partial charge in [-0.2, -0.15) is 36.5 Å². The van der Waals surface area contributed by atoms with E-state index in [-0.39, 0.29) is 56.2 Å². The lowest BCUT2D eigenvalue weighted by molar-refractivity contribution is -0.143. The molecule has 4 aromatic carbocycles. The Morgan fingerprint density at radius 2 is 0.963 bits per heavy atom. The van der Waals surface area contributed by atoms with Crippen molar-refractivity contribution in [1.82, 2.24) is 29.4 Å². The first-order valence-electron chi connectivity index (χ1n) is 25.7. The molecule has 2 aliphatic heterocycles. The number of benzene rings is 4. The zero-order valence-electron chi connectivity index (χ0n) is 45.2. The minimum atomic E-state index is -4.52. The number of ether oxygens (including phenoxy) is 4. The van der Waals surface area contributed by atoms with Gasteiger partial charge >= 0.3 is 24.5 Å². The van der Waals surface area contributed by atoms with Gasteiger partial charge in [-0.25, -0.2) is 23.1 Å². The molecule has 2 aromatic heterocycles. The number of nitrogens with zero attached hydrogens (tertiary/aromatic N) is 6. The van der Waals surface area contributed by atoms with E-state index >= 15 is 0 Å². The normalized spacial score (nSPS) is 16.8. The monoisotopic (exact) mass is 1210 g/mol. The number of fused-ring (bicyclic) bond motifs is 2. The predicted molar refractivity (Wildman–Crippen MR) is 291 cm³/mol. The van der Waals surface area contributed by atoms with Gasteiger partial charge in [0, 0.05) is 69.0 Å². The highest BCUT2D eigenvalue weighted by molar-refractivity contribution is 6.37. The molecule has 0 saturated carbocycles. The Morgan fingerprint density at radius 3 is 1.38 bits per heavy atom. The fourth-order valence-corrected chi connectivity index (χ4v) is 10.9. The molecular formula is C56H62Cl4F8N6O6. The number of carbonyl (C=O) groups excluding carboxylic acids is 2. The summed E-state index contributed by atoms with van der Waals surface area (Å²) in [4.78, 5) is 28.6. The molecule has 80 heavy (non-hydrogen) atoms. The lowest BCUT2D eigenvalue weighted by Gasteiger charge is -2.42. The van der Waals surface area contributed by atoms with Gasteiger partial charge in [0.05, 0.1) is 36.5 Å². The van der Waals surface area contributed by atoms with E-state index in [1.54, 1.807) is 102 Å². The minimum Gasteiger partial charge on any atom is -0.444 e. The maximum absolute atomic E-state index is 13.8. The van der Waals surface area contributed by atoms with Crippen LogP contribution in [0.3, 0.4) is 0 Å². The second-order valence-corrected chi connectivity index (χ2v) is 23.9. The zero-order valence-corrected chi connectivity index (χ0v) is 48.3. The fourth-order valence-electron chi connectivity index (χ4n) is 9.92. The van der Waals surface area contributed by atoms with Crippen molar-refractivity contribution < 1.29 is 63.7 Å². The van der Waals surface area contributed by atoms with E-state index in [0.717, 1.165) is 15.8 Å². The Morgan fingerprint density at radius 1 is 0.575 bits per heavy atom. The summed E-state index contributed by atoms with van der Waals surface area (Å²) in [5.74, 6) is -0.748. The number of hydrogen-bond acceptors (Lipinski definition) is 8. The molecule has 2 aliphatic rings. The summed E-state index contributed by atoms with van der Waals surface area (Å²) in [7, 11) is 0. The minimum absolute atomic E-state index is 0.0903. The first kappa shape index (κ1) is 62.5. The van der Waals surface area contributed by atoms with E-state index in [0.29, 0.717) is 78.4 Å². The van der Waals surface area contributed by atoms with Gasteiger partial charge in [0.25, 0.3) is 0 Å². The zero-order chi connectivity index (χ0) is 58.9. The maximum Gasteiger partial charge on any atom is 0.410 e. The lowest BCUT2D eigenvalue weighted by atomic mass is 9.73. The number of aromatic nitrogens is 4. The average Bonchev–Trinajstić information content (AvgIpc) is 3.83. The summed E-state index contributed by atoms with van der Waals surface area (Å²) in [5, 5.41) is 8.91. The number of piperidine rings is 2. The molecule has 0 unspecified atom stereocenters.